The van der Waals surface area contributed by atoms with E-state index in [0.717, 1.165) is 63.7 Å². The van der Waals surface area contributed by atoms with Gasteiger partial charge in [-0.3, -0.25) is 14.4 Å². The van der Waals surface area contributed by atoms with Crippen LogP contribution in [-0.2, 0) is 6.54 Å². The summed E-state index contributed by atoms with van der Waals surface area (Å²) in [6.07, 6.45) is 9.35. The van der Waals surface area contributed by atoms with Gasteiger partial charge in [0.1, 0.15) is 0 Å². The van der Waals surface area contributed by atoms with Crippen molar-refractivity contribution in [2.24, 2.45) is 0 Å². The standard InChI is InChI=1S/C22H27N7O/c30-21(19-7-2-1-3-8-19)26-20-17-25-29(18-20)12-5-4-11-27-13-15-28(16-14-27)22-23-9-6-10-24-22/h1-3,6-10,17-18H,4-5,11-16H2,(H,26,30). The van der Waals surface area contributed by atoms with Gasteiger partial charge in [-0.1, -0.05) is 18.2 Å². The Kier molecular flexibility index (Phi) is 6.66. The third kappa shape index (κ3) is 5.42. The normalized spacial score (nSPS) is 14.6. The molecule has 1 aliphatic heterocycles. The highest BCUT2D eigenvalue weighted by molar-refractivity contribution is 6.04. The molecule has 0 unspecified atom stereocenters. The van der Waals surface area contributed by atoms with Gasteiger partial charge in [-0.25, -0.2) is 9.97 Å². The van der Waals surface area contributed by atoms with Crippen molar-refractivity contribution in [3.8, 4) is 0 Å². The second-order valence-electron chi connectivity index (χ2n) is 7.40. The number of hydrogen-bond donors (Lipinski definition) is 1. The monoisotopic (exact) mass is 405 g/mol. The maximum absolute atomic E-state index is 12.2. The lowest BCUT2D eigenvalue weighted by molar-refractivity contribution is 0.102. The SMILES string of the molecule is O=C(Nc1cnn(CCCCN2CCN(c3ncccn3)CC2)c1)c1ccccc1. The number of anilines is 2. The fourth-order valence-corrected chi connectivity index (χ4v) is 3.58. The van der Waals surface area contributed by atoms with Crippen LogP contribution in [0.1, 0.15) is 23.2 Å². The molecule has 0 radical (unpaired) electrons. The zero-order chi connectivity index (χ0) is 20.6. The lowest BCUT2D eigenvalue weighted by Crippen LogP contribution is -2.47. The van der Waals surface area contributed by atoms with E-state index in [1.165, 1.54) is 0 Å². The Labute approximate surface area is 176 Å². The van der Waals surface area contributed by atoms with Crippen LogP contribution in [0.25, 0.3) is 0 Å². The minimum absolute atomic E-state index is 0.116. The van der Waals surface area contributed by atoms with E-state index in [0.29, 0.717) is 5.56 Å². The molecular formula is C22H27N7O. The fraction of sp³-hybridized carbons (Fsp3) is 0.364. The number of unbranched alkanes of at least 4 members (excludes halogenated alkanes) is 1. The number of aryl methyl sites for hydroxylation is 1. The van der Waals surface area contributed by atoms with E-state index in [1.807, 2.05) is 35.1 Å². The number of nitrogens with zero attached hydrogens (tertiary/aromatic N) is 6. The number of nitrogens with one attached hydrogen (secondary N) is 1. The van der Waals surface area contributed by atoms with Gasteiger partial charge in [-0.05, 0) is 37.6 Å². The molecule has 1 amide bonds. The minimum Gasteiger partial charge on any atom is -0.338 e. The zero-order valence-corrected chi connectivity index (χ0v) is 17.0. The van der Waals surface area contributed by atoms with Crippen LogP contribution in [0.5, 0.6) is 0 Å². The smallest absolute Gasteiger partial charge is 0.255 e. The number of aromatic nitrogens is 4. The van der Waals surface area contributed by atoms with Gasteiger partial charge < -0.3 is 10.2 Å². The molecule has 0 bridgehead atoms. The summed E-state index contributed by atoms with van der Waals surface area (Å²) in [5, 5.41) is 7.25. The summed E-state index contributed by atoms with van der Waals surface area (Å²) in [5.41, 5.74) is 1.37. The predicted molar refractivity (Wildman–Crippen MR) is 117 cm³/mol. The van der Waals surface area contributed by atoms with Crippen molar-refractivity contribution in [1.82, 2.24) is 24.6 Å². The molecule has 0 saturated carbocycles. The molecule has 1 aromatic carbocycles. The first-order valence-corrected chi connectivity index (χ1v) is 10.4. The van der Waals surface area contributed by atoms with E-state index < -0.39 is 0 Å². The van der Waals surface area contributed by atoms with E-state index >= 15 is 0 Å². The number of hydrogen-bond acceptors (Lipinski definition) is 6. The third-order valence-electron chi connectivity index (χ3n) is 5.25. The topological polar surface area (TPSA) is 79.2 Å². The molecule has 8 nitrogen and oxygen atoms in total. The predicted octanol–water partition coefficient (Wildman–Crippen LogP) is 2.53. The second kappa shape index (κ2) is 9.98. The average molecular weight is 406 g/mol. The van der Waals surface area contributed by atoms with Crippen LogP contribution >= 0.6 is 0 Å². The van der Waals surface area contributed by atoms with E-state index in [1.54, 1.807) is 30.7 Å². The van der Waals surface area contributed by atoms with Gasteiger partial charge in [-0.2, -0.15) is 5.10 Å². The molecule has 0 atom stereocenters. The molecule has 156 valence electrons. The molecule has 1 aliphatic rings. The molecule has 2 aromatic heterocycles. The molecule has 1 N–H and O–H groups in total. The largest absolute Gasteiger partial charge is 0.338 e. The summed E-state index contributed by atoms with van der Waals surface area (Å²) < 4.78 is 1.89. The molecule has 1 saturated heterocycles. The van der Waals surface area contributed by atoms with E-state index in [2.05, 4.69) is 30.2 Å². The molecule has 0 spiro atoms. The molecule has 8 heteroatoms. The highest BCUT2D eigenvalue weighted by Crippen LogP contribution is 2.11. The third-order valence-corrected chi connectivity index (χ3v) is 5.25. The number of amides is 1. The van der Waals surface area contributed by atoms with Gasteiger partial charge in [0.2, 0.25) is 5.95 Å². The first kappa shape index (κ1) is 20.0. The quantitative estimate of drug-likeness (QED) is 0.580. The molecule has 3 aromatic rings. The Morgan fingerprint density at radius 2 is 1.67 bits per heavy atom. The molecular weight excluding hydrogens is 378 g/mol. The van der Waals surface area contributed by atoms with Crippen LogP contribution in [0.15, 0.2) is 61.2 Å². The highest BCUT2D eigenvalue weighted by Gasteiger charge is 2.18. The minimum atomic E-state index is -0.116. The van der Waals surface area contributed by atoms with Crippen molar-refractivity contribution in [3.63, 3.8) is 0 Å². The van der Waals surface area contributed by atoms with Crippen LogP contribution in [-0.4, -0.2) is 63.3 Å². The lowest BCUT2D eigenvalue weighted by Gasteiger charge is -2.34. The van der Waals surface area contributed by atoms with Crippen LogP contribution in [0.2, 0.25) is 0 Å². The maximum atomic E-state index is 12.2. The Bertz CT molecular complexity index is 921. The van der Waals surface area contributed by atoms with Crippen LogP contribution < -0.4 is 10.2 Å². The summed E-state index contributed by atoms with van der Waals surface area (Å²) in [5.74, 6) is 0.709. The maximum Gasteiger partial charge on any atom is 0.255 e. The van der Waals surface area contributed by atoms with E-state index in [4.69, 9.17) is 0 Å². The first-order valence-electron chi connectivity index (χ1n) is 10.4. The summed E-state index contributed by atoms with van der Waals surface area (Å²) in [6, 6.07) is 11.0. The molecule has 0 aliphatic carbocycles. The van der Waals surface area contributed by atoms with Crippen molar-refractivity contribution < 1.29 is 4.79 Å². The number of benzene rings is 1. The van der Waals surface area contributed by atoms with Gasteiger partial charge in [0.25, 0.3) is 5.91 Å². The van der Waals surface area contributed by atoms with Crippen LogP contribution in [0.3, 0.4) is 0 Å². The Balaban J connectivity index is 1.14. The van der Waals surface area contributed by atoms with Crippen molar-refractivity contribution in [2.75, 3.05) is 42.9 Å². The van der Waals surface area contributed by atoms with Crippen LogP contribution in [0.4, 0.5) is 11.6 Å². The Morgan fingerprint density at radius 1 is 0.933 bits per heavy atom. The molecule has 3 heterocycles. The Hall–Kier alpha value is -3.26. The number of carbonyl (C=O) groups excluding carboxylic acids is 1. The van der Waals surface area contributed by atoms with Gasteiger partial charge in [0.15, 0.2) is 0 Å². The van der Waals surface area contributed by atoms with Gasteiger partial charge in [-0.15, -0.1) is 0 Å². The molecule has 4 rings (SSSR count). The van der Waals surface area contributed by atoms with Gasteiger partial charge in [0.05, 0.1) is 11.9 Å². The number of carbonyl (C=O) groups is 1. The number of rotatable bonds is 8. The lowest BCUT2D eigenvalue weighted by atomic mass is 10.2. The summed E-state index contributed by atoms with van der Waals surface area (Å²) in [6.45, 7) is 5.94. The van der Waals surface area contributed by atoms with E-state index in [-0.39, 0.29) is 5.91 Å². The van der Waals surface area contributed by atoms with Crippen molar-refractivity contribution >= 4 is 17.5 Å². The zero-order valence-electron chi connectivity index (χ0n) is 17.0. The van der Waals surface area contributed by atoms with Crippen molar-refractivity contribution in [1.29, 1.82) is 0 Å². The summed E-state index contributed by atoms with van der Waals surface area (Å²) in [4.78, 5) is 25.6. The van der Waals surface area contributed by atoms with Crippen molar-refractivity contribution in [3.05, 3.63) is 66.7 Å². The highest BCUT2D eigenvalue weighted by atomic mass is 16.1. The number of piperazine rings is 1. The Morgan fingerprint density at radius 3 is 2.43 bits per heavy atom. The molecule has 1 fully saturated rings. The average Bonchev–Trinajstić information content (AvgIpc) is 3.25. The van der Waals surface area contributed by atoms with Gasteiger partial charge in [0, 0.05) is 56.9 Å². The van der Waals surface area contributed by atoms with Crippen LogP contribution in [0, 0.1) is 0 Å². The first-order chi connectivity index (χ1) is 14.8. The fourth-order valence-electron chi connectivity index (χ4n) is 3.58. The summed E-state index contributed by atoms with van der Waals surface area (Å²) >= 11 is 0. The second-order valence-corrected chi connectivity index (χ2v) is 7.40. The summed E-state index contributed by atoms with van der Waals surface area (Å²) in [7, 11) is 0. The van der Waals surface area contributed by atoms with Gasteiger partial charge >= 0.3 is 0 Å². The van der Waals surface area contributed by atoms with Crippen molar-refractivity contribution in [2.45, 2.75) is 19.4 Å². The van der Waals surface area contributed by atoms with E-state index in [9.17, 15) is 4.79 Å². The molecule has 30 heavy (non-hydrogen) atoms.